The van der Waals surface area contributed by atoms with E-state index in [1.54, 1.807) is 17.0 Å². The van der Waals surface area contributed by atoms with Crippen LogP contribution in [0.15, 0.2) is 42.5 Å². The molecule has 208 valence electrons. The molecule has 1 heterocycles. The maximum Gasteiger partial charge on any atom is 0.406 e. The summed E-state index contributed by atoms with van der Waals surface area (Å²) in [6.07, 6.45) is 1.15. The van der Waals surface area contributed by atoms with E-state index in [1.807, 2.05) is 31.2 Å². The predicted octanol–water partition coefficient (Wildman–Crippen LogP) is 3.33. The summed E-state index contributed by atoms with van der Waals surface area (Å²) in [5, 5.41) is 25.0. The number of halogens is 1. The lowest BCUT2D eigenvalue weighted by Crippen LogP contribution is -2.49. The number of benzene rings is 2. The zero-order valence-corrected chi connectivity index (χ0v) is 22.3. The van der Waals surface area contributed by atoms with Crippen molar-refractivity contribution in [1.29, 1.82) is 0 Å². The van der Waals surface area contributed by atoms with Crippen LogP contribution in [-0.4, -0.2) is 66.5 Å². The highest BCUT2D eigenvalue weighted by atomic mass is 19.1. The zero-order chi connectivity index (χ0) is 27.7. The average Bonchev–Trinajstić information content (AvgIpc) is 2.94. The minimum atomic E-state index is -1.48. The summed E-state index contributed by atoms with van der Waals surface area (Å²) >= 11 is 0. The van der Waals surface area contributed by atoms with Crippen LogP contribution in [0.4, 0.5) is 9.18 Å². The maximum absolute atomic E-state index is 15.5. The van der Waals surface area contributed by atoms with Gasteiger partial charge in [-0.15, -0.1) is 0 Å². The second kappa shape index (κ2) is 13.7. The lowest BCUT2D eigenvalue weighted by Gasteiger charge is -2.44. The lowest BCUT2D eigenvalue weighted by molar-refractivity contribution is -0.138. The molecule has 0 bridgehead atoms. The third-order valence-corrected chi connectivity index (χ3v) is 7.43. The second-order valence-electron chi connectivity index (χ2n) is 9.94. The van der Waals surface area contributed by atoms with E-state index in [2.05, 4.69) is 10.1 Å². The maximum atomic E-state index is 15.5. The molecule has 3 rings (SSSR count). The van der Waals surface area contributed by atoms with Crippen LogP contribution in [0.5, 0.6) is 0 Å². The highest BCUT2D eigenvalue weighted by Crippen LogP contribution is 2.44. The molecule has 2 amide bonds. The van der Waals surface area contributed by atoms with Crippen molar-refractivity contribution in [3.8, 4) is 11.1 Å². The Morgan fingerprint density at radius 2 is 2.05 bits per heavy atom. The Kier molecular flexibility index (Phi) is 10.6. The fourth-order valence-corrected chi connectivity index (χ4v) is 5.31. The molecule has 3 atom stereocenters. The molecule has 1 unspecified atom stereocenters. The second-order valence-corrected chi connectivity index (χ2v) is 9.94. The third kappa shape index (κ3) is 7.09. The van der Waals surface area contributed by atoms with E-state index >= 15 is 4.39 Å². The zero-order valence-electron chi connectivity index (χ0n) is 22.3. The summed E-state index contributed by atoms with van der Waals surface area (Å²) in [7, 11) is 1.28. The number of alkyl carbamates (subject to hydrolysis) is 1. The van der Waals surface area contributed by atoms with E-state index < -0.39 is 23.6 Å². The largest absolute Gasteiger partial charge is 0.453 e. The summed E-state index contributed by atoms with van der Waals surface area (Å²) in [4.78, 5) is 26.1. The molecule has 1 fully saturated rings. The quantitative estimate of drug-likeness (QED) is 0.331. The Hall–Kier alpha value is -3.01. The van der Waals surface area contributed by atoms with E-state index in [9.17, 15) is 19.8 Å². The fraction of sp³-hybridized carbons (Fsp3) is 0.517. The Morgan fingerprint density at radius 3 is 2.76 bits per heavy atom. The number of nitrogens with two attached hydrogens (primary N) is 1. The van der Waals surface area contributed by atoms with Crippen LogP contribution in [0.1, 0.15) is 50.2 Å². The molecular formula is C29H40FN3O5. The van der Waals surface area contributed by atoms with Gasteiger partial charge in [0.1, 0.15) is 5.82 Å². The van der Waals surface area contributed by atoms with Crippen molar-refractivity contribution < 1.29 is 28.9 Å². The number of hydrogen-bond acceptors (Lipinski definition) is 6. The molecule has 9 heteroatoms. The Labute approximate surface area is 224 Å². The molecule has 1 saturated heterocycles. The van der Waals surface area contributed by atoms with Crippen LogP contribution in [0.2, 0.25) is 0 Å². The van der Waals surface area contributed by atoms with Crippen LogP contribution < -0.4 is 11.1 Å². The van der Waals surface area contributed by atoms with Gasteiger partial charge in [-0.25, -0.2) is 9.18 Å². The molecule has 0 aromatic heterocycles. The molecule has 2 aromatic carbocycles. The number of aryl methyl sites for hydroxylation is 1. The number of nitrogens with zero attached hydrogens (tertiary/aromatic N) is 1. The summed E-state index contributed by atoms with van der Waals surface area (Å²) < 4.78 is 20.2. The normalized spacial score (nSPS) is 17.9. The SMILES string of the molecule is CCc1cccc(-c2c(F)cccc2C(O)(CCCNC(=O)OC)[C@@H]2CCCN(C(=O)C[C@H](O)CN)C2)c1. The number of amides is 2. The summed E-state index contributed by atoms with van der Waals surface area (Å²) in [6.45, 7) is 3.07. The van der Waals surface area contributed by atoms with E-state index in [1.165, 1.54) is 13.2 Å². The van der Waals surface area contributed by atoms with Gasteiger partial charge in [-0.1, -0.05) is 43.3 Å². The summed E-state index contributed by atoms with van der Waals surface area (Å²) in [6, 6.07) is 12.4. The highest BCUT2D eigenvalue weighted by Gasteiger charge is 2.43. The monoisotopic (exact) mass is 529 g/mol. The van der Waals surface area contributed by atoms with Gasteiger partial charge in [0.2, 0.25) is 5.91 Å². The Balaban J connectivity index is 2.00. The fourth-order valence-electron chi connectivity index (χ4n) is 5.31. The van der Waals surface area contributed by atoms with E-state index in [0.29, 0.717) is 42.5 Å². The van der Waals surface area contributed by atoms with Gasteiger partial charge >= 0.3 is 6.09 Å². The predicted molar refractivity (Wildman–Crippen MR) is 144 cm³/mol. The van der Waals surface area contributed by atoms with Crippen molar-refractivity contribution in [1.82, 2.24) is 10.2 Å². The van der Waals surface area contributed by atoms with Crippen molar-refractivity contribution in [2.75, 3.05) is 33.3 Å². The number of ether oxygens (including phenoxy) is 1. The van der Waals surface area contributed by atoms with Gasteiger partial charge < -0.3 is 30.9 Å². The number of likely N-dealkylation sites (tertiary alicyclic amines) is 1. The van der Waals surface area contributed by atoms with Gasteiger partial charge in [0.15, 0.2) is 0 Å². The summed E-state index contributed by atoms with van der Waals surface area (Å²) in [5.74, 6) is -1.04. The van der Waals surface area contributed by atoms with Crippen molar-refractivity contribution in [3.63, 3.8) is 0 Å². The molecule has 8 nitrogen and oxygen atoms in total. The molecule has 38 heavy (non-hydrogen) atoms. The topological polar surface area (TPSA) is 125 Å². The average molecular weight is 530 g/mol. The summed E-state index contributed by atoms with van der Waals surface area (Å²) in [5.41, 5.74) is 6.54. The third-order valence-electron chi connectivity index (χ3n) is 7.43. The first-order valence-electron chi connectivity index (χ1n) is 13.3. The van der Waals surface area contributed by atoms with Gasteiger partial charge in [0.25, 0.3) is 0 Å². The first kappa shape index (κ1) is 29.5. The first-order chi connectivity index (χ1) is 18.2. The molecule has 0 spiro atoms. The Morgan fingerprint density at radius 1 is 1.29 bits per heavy atom. The number of methoxy groups -OCH3 is 1. The molecular weight excluding hydrogens is 489 g/mol. The van der Waals surface area contributed by atoms with Gasteiger partial charge in [-0.3, -0.25) is 4.79 Å². The number of nitrogens with one attached hydrogen (secondary N) is 1. The van der Waals surface area contributed by atoms with Gasteiger partial charge in [0, 0.05) is 37.7 Å². The molecule has 0 saturated carbocycles. The number of aliphatic hydroxyl groups is 2. The van der Waals surface area contributed by atoms with Crippen LogP contribution in [-0.2, 0) is 21.6 Å². The lowest BCUT2D eigenvalue weighted by atomic mass is 9.72. The molecule has 1 aliphatic heterocycles. The molecule has 2 aromatic rings. The minimum Gasteiger partial charge on any atom is -0.453 e. The van der Waals surface area contributed by atoms with Crippen LogP contribution in [0, 0.1) is 11.7 Å². The van der Waals surface area contributed by atoms with Crippen molar-refractivity contribution in [3.05, 3.63) is 59.4 Å². The van der Waals surface area contributed by atoms with Crippen molar-refractivity contribution >= 4 is 12.0 Å². The van der Waals surface area contributed by atoms with E-state index in [0.717, 1.165) is 12.0 Å². The van der Waals surface area contributed by atoms with Crippen LogP contribution in [0.25, 0.3) is 11.1 Å². The van der Waals surface area contributed by atoms with Gasteiger partial charge in [-0.2, -0.15) is 0 Å². The number of aliphatic hydroxyl groups excluding tert-OH is 1. The first-order valence-corrected chi connectivity index (χ1v) is 13.3. The number of carbonyl (C=O) groups is 2. The molecule has 0 radical (unpaired) electrons. The highest BCUT2D eigenvalue weighted by molar-refractivity contribution is 5.77. The van der Waals surface area contributed by atoms with Gasteiger partial charge in [0.05, 0.1) is 25.2 Å². The van der Waals surface area contributed by atoms with Crippen molar-refractivity contribution in [2.24, 2.45) is 11.7 Å². The number of rotatable bonds is 11. The van der Waals surface area contributed by atoms with Crippen LogP contribution in [0.3, 0.4) is 0 Å². The molecule has 0 aliphatic carbocycles. The number of hydrogen-bond donors (Lipinski definition) is 4. The van der Waals surface area contributed by atoms with E-state index in [-0.39, 0.29) is 44.3 Å². The van der Waals surface area contributed by atoms with E-state index in [4.69, 9.17) is 5.73 Å². The van der Waals surface area contributed by atoms with Gasteiger partial charge in [-0.05, 0) is 54.9 Å². The smallest absolute Gasteiger partial charge is 0.406 e. The van der Waals surface area contributed by atoms with Crippen LogP contribution >= 0.6 is 0 Å². The van der Waals surface area contributed by atoms with Crippen molar-refractivity contribution in [2.45, 2.75) is 57.2 Å². The molecule has 1 aliphatic rings. The number of carbonyl (C=O) groups excluding carboxylic acids is 2. The number of piperidine rings is 1. The molecule has 5 N–H and O–H groups in total. The standard InChI is InChI=1S/C29H40FN3O5/c1-3-20-8-4-9-21(16-20)27-24(11-5-12-25(27)30)29(37,13-7-14-32-28(36)38-2)22-10-6-15-33(19-22)26(35)17-23(34)18-31/h4-5,8-9,11-12,16,22-23,34,37H,3,6-7,10,13-15,17-19,31H2,1-2H3,(H,32,36)/t22-,23+,29?/m1/s1. The minimum absolute atomic E-state index is 0.0103. The Bertz CT molecular complexity index is 1100.